The zero-order valence-electron chi connectivity index (χ0n) is 5.79. The summed E-state index contributed by atoms with van der Waals surface area (Å²) in [6.45, 7) is 0. The smallest absolute Gasteiger partial charge is 0.652 e. The number of amides is 2. The van der Waals surface area contributed by atoms with Gasteiger partial charge in [0, 0.05) is 0 Å². The van der Waals surface area contributed by atoms with Gasteiger partial charge in [-0.3, -0.25) is 0 Å². The van der Waals surface area contributed by atoms with Crippen LogP contribution in [0.2, 0.25) is 0 Å². The Morgan fingerprint density at radius 3 is 1.00 bits per heavy atom. The van der Waals surface area contributed by atoms with E-state index < -0.39 is 12.2 Å². The number of carboxylic acid groups (broad SMARTS) is 2. The molecule has 0 aromatic rings. The molecule has 0 spiro atoms. The summed E-state index contributed by atoms with van der Waals surface area (Å²) in [4.78, 5) is 17.3. The van der Waals surface area contributed by atoms with Crippen molar-refractivity contribution < 1.29 is 123 Å². The van der Waals surface area contributed by atoms with E-state index in [1.54, 1.807) is 0 Å². The first kappa shape index (κ1) is 22.6. The van der Waals surface area contributed by atoms with Crippen molar-refractivity contribution in [2.45, 2.75) is 0 Å². The SMILES string of the molecule is NC(N)=O.O=C([O-])[O-].[K+].[K+]. The fourth-order valence-corrected chi connectivity index (χ4v) is 0. The molecule has 0 saturated carbocycles. The summed E-state index contributed by atoms with van der Waals surface area (Å²) in [5, 5.41) is 16.7. The molecular weight excluding hydrogens is 194 g/mol. The van der Waals surface area contributed by atoms with Crippen molar-refractivity contribution in [2.75, 3.05) is 0 Å². The molecule has 0 heterocycles. The van der Waals surface area contributed by atoms with Gasteiger partial charge < -0.3 is 26.5 Å². The second-order valence-electron chi connectivity index (χ2n) is 0.652. The molecule has 0 aliphatic rings. The van der Waals surface area contributed by atoms with Crippen LogP contribution in [0, 0.1) is 0 Å². The minimum atomic E-state index is -2.33. The largest absolute Gasteiger partial charge is 1.00 e. The molecule has 2 amide bonds. The van der Waals surface area contributed by atoms with E-state index in [-0.39, 0.29) is 103 Å². The van der Waals surface area contributed by atoms with E-state index in [1.165, 1.54) is 0 Å². The molecule has 0 aliphatic carbocycles. The monoisotopic (exact) mass is 198 g/mol. The summed E-state index contributed by atoms with van der Waals surface area (Å²) < 4.78 is 0. The van der Waals surface area contributed by atoms with E-state index in [9.17, 15) is 0 Å². The van der Waals surface area contributed by atoms with Gasteiger partial charge in [-0.25, -0.2) is 4.79 Å². The van der Waals surface area contributed by atoms with Crippen molar-refractivity contribution in [3.05, 3.63) is 0 Å². The quantitative estimate of drug-likeness (QED) is 0.374. The number of carbonyl (C=O) groups excluding carboxylic acids is 2. The van der Waals surface area contributed by atoms with Crippen molar-refractivity contribution in [2.24, 2.45) is 11.5 Å². The molecule has 6 nitrogen and oxygen atoms in total. The van der Waals surface area contributed by atoms with Gasteiger partial charge in [-0.15, -0.1) is 0 Å². The Balaban J connectivity index is -0.0000000300. The number of nitrogens with two attached hydrogens (primary N) is 2. The van der Waals surface area contributed by atoms with Crippen LogP contribution in [-0.4, -0.2) is 12.2 Å². The van der Waals surface area contributed by atoms with Crippen molar-refractivity contribution >= 4 is 12.2 Å². The van der Waals surface area contributed by atoms with Gasteiger partial charge in [-0.05, 0) is 6.16 Å². The van der Waals surface area contributed by atoms with E-state index in [2.05, 4.69) is 11.5 Å². The number of urea groups is 1. The fraction of sp³-hybridized carbons (Fsp3) is 0. The Bertz CT molecular complexity index is 77.3. The third kappa shape index (κ3) is 232. The van der Waals surface area contributed by atoms with Crippen LogP contribution in [0.25, 0.3) is 0 Å². The maximum atomic E-state index is 9.00. The van der Waals surface area contributed by atoms with Crippen LogP contribution in [-0.2, 0) is 0 Å². The third-order valence-corrected chi connectivity index (χ3v) is 0. The first-order chi connectivity index (χ1) is 3.46. The minimum Gasteiger partial charge on any atom is -0.652 e. The second-order valence-corrected chi connectivity index (χ2v) is 0.652. The van der Waals surface area contributed by atoms with Crippen molar-refractivity contribution in [3.63, 3.8) is 0 Å². The summed E-state index contributed by atoms with van der Waals surface area (Å²) in [5.74, 6) is 0. The summed E-state index contributed by atoms with van der Waals surface area (Å²) >= 11 is 0. The molecular formula is C2H4K2N2O4. The Labute approximate surface area is 143 Å². The summed E-state index contributed by atoms with van der Waals surface area (Å²) in [7, 11) is 0. The van der Waals surface area contributed by atoms with E-state index in [0.717, 1.165) is 0 Å². The predicted octanol–water partition coefficient (Wildman–Crippen LogP) is -9.42. The van der Waals surface area contributed by atoms with Crippen LogP contribution in [0.3, 0.4) is 0 Å². The molecule has 0 rings (SSSR count). The molecule has 0 aliphatic heterocycles. The molecule has 0 unspecified atom stereocenters. The molecule has 0 radical (unpaired) electrons. The van der Waals surface area contributed by atoms with Gasteiger partial charge in [-0.2, -0.15) is 0 Å². The number of carbonyl (C=O) groups is 2. The van der Waals surface area contributed by atoms with Crippen LogP contribution in [0.4, 0.5) is 9.59 Å². The summed E-state index contributed by atoms with van der Waals surface area (Å²) in [5.41, 5.74) is 8.50. The number of primary amides is 2. The van der Waals surface area contributed by atoms with Crippen LogP contribution in [0.1, 0.15) is 0 Å². The fourth-order valence-electron chi connectivity index (χ4n) is 0. The van der Waals surface area contributed by atoms with E-state index in [1.807, 2.05) is 0 Å². The predicted molar refractivity (Wildman–Crippen MR) is 19.2 cm³/mol. The van der Waals surface area contributed by atoms with Gasteiger partial charge >= 0.3 is 109 Å². The second kappa shape index (κ2) is 17.1. The standard InChI is InChI=1S/CH4N2O.CH2O3.2K/c2*2-1(3)4;;/h(H4,2,3,4);(H2,2,3,4);;/q;;2*+1/p-2. The summed E-state index contributed by atoms with van der Waals surface area (Å²) in [6.07, 6.45) is -2.33. The molecule has 0 aromatic carbocycles. The summed E-state index contributed by atoms with van der Waals surface area (Å²) in [6, 6.07) is -0.833. The molecule has 48 valence electrons. The first-order valence-electron chi connectivity index (χ1n) is 1.39. The van der Waals surface area contributed by atoms with Crippen molar-refractivity contribution in [1.29, 1.82) is 0 Å². The topological polar surface area (TPSA) is 132 Å². The molecule has 4 N–H and O–H groups in total. The average molecular weight is 198 g/mol. The molecule has 10 heavy (non-hydrogen) atoms. The van der Waals surface area contributed by atoms with Crippen LogP contribution >= 0.6 is 0 Å². The maximum absolute atomic E-state index is 9.00. The van der Waals surface area contributed by atoms with Gasteiger partial charge in [-0.1, -0.05) is 0 Å². The average Bonchev–Trinajstić information content (AvgIpc) is 1.25. The molecule has 0 bridgehead atoms. The number of rotatable bonds is 0. The van der Waals surface area contributed by atoms with Crippen molar-refractivity contribution in [1.82, 2.24) is 0 Å². The molecule has 0 saturated heterocycles. The van der Waals surface area contributed by atoms with Gasteiger partial charge in [0.15, 0.2) is 0 Å². The molecule has 0 aromatic heterocycles. The first-order valence-corrected chi connectivity index (χ1v) is 1.39. The van der Waals surface area contributed by atoms with Crippen LogP contribution < -0.4 is 124 Å². The van der Waals surface area contributed by atoms with E-state index >= 15 is 0 Å². The third-order valence-electron chi connectivity index (χ3n) is 0. The van der Waals surface area contributed by atoms with Gasteiger partial charge in [0.1, 0.15) is 0 Å². The maximum Gasteiger partial charge on any atom is 1.00 e. The Morgan fingerprint density at radius 1 is 1.00 bits per heavy atom. The van der Waals surface area contributed by atoms with E-state index in [0.29, 0.717) is 0 Å². The van der Waals surface area contributed by atoms with Gasteiger partial charge in [0.05, 0.1) is 0 Å². The Morgan fingerprint density at radius 2 is 1.00 bits per heavy atom. The minimum absolute atomic E-state index is 0. The Hall–Kier alpha value is 1.81. The molecule has 0 fully saturated rings. The Kier molecular flexibility index (Phi) is 38.6. The zero-order valence-corrected chi connectivity index (χ0v) is 12.0. The molecule has 0 atom stereocenters. The van der Waals surface area contributed by atoms with E-state index in [4.69, 9.17) is 19.8 Å². The number of hydrogen-bond acceptors (Lipinski definition) is 4. The van der Waals surface area contributed by atoms with Gasteiger partial charge in [0.2, 0.25) is 0 Å². The zero-order chi connectivity index (χ0) is 7.15. The normalized spacial score (nSPS) is 4.80. The molecule has 8 heteroatoms. The van der Waals surface area contributed by atoms with Gasteiger partial charge in [0.25, 0.3) is 0 Å². The van der Waals surface area contributed by atoms with Crippen LogP contribution in [0.5, 0.6) is 0 Å². The van der Waals surface area contributed by atoms with Crippen LogP contribution in [0.15, 0.2) is 0 Å². The van der Waals surface area contributed by atoms with Crippen molar-refractivity contribution in [3.8, 4) is 0 Å². The number of hydrogen-bond donors (Lipinski definition) is 2.